The second-order valence-corrected chi connectivity index (χ2v) is 4.89. The Morgan fingerprint density at radius 2 is 2.18 bits per heavy atom. The van der Waals surface area contributed by atoms with Crippen LogP contribution < -0.4 is 10.1 Å². The first-order chi connectivity index (χ1) is 8.24. The molecule has 1 aliphatic heterocycles. The summed E-state index contributed by atoms with van der Waals surface area (Å²) >= 11 is 5.81. The predicted molar refractivity (Wildman–Crippen MR) is 70.9 cm³/mol. The van der Waals surface area contributed by atoms with Gasteiger partial charge < -0.3 is 10.1 Å². The van der Waals surface area contributed by atoms with Crippen LogP contribution in [0.4, 0.5) is 0 Å². The third-order valence-electron chi connectivity index (χ3n) is 2.94. The maximum Gasteiger partial charge on any atom is 0.119 e. The van der Waals surface area contributed by atoms with E-state index in [1.807, 2.05) is 24.3 Å². The summed E-state index contributed by atoms with van der Waals surface area (Å²) < 4.78 is 5.68. The van der Waals surface area contributed by atoms with Gasteiger partial charge in [0.25, 0.3) is 0 Å². The molecule has 0 radical (unpaired) electrons. The molecule has 3 nitrogen and oxygen atoms in total. The molecule has 0 aliphatic carbocycles. The first kappa shape index (κ1) is 12.7. The van der Waals surface area contributed by atoms with Crippen molar-refractivity contribution in [2.75, 3.05) is 32.8 Å². The molecule has 94 valence electrons. The highest BCUT2D eigenvalue weighted by molar-refractivity contribution is 6.30. The molecule has 17 heavy (non-hydrogen) atoms. The molecule has 0 unspecified atom stereocenters. The van der Waals surface area contributed by atoms with Crippen LogP contribution >= 0.6 is 11.6 Å². The lowest BCUT2D eigenvalue weighted by Crippen LogP contribution is -2.50. The van der Waals surface area contributed by atoms with E-state index in [-0.39, 0.29) is 0 Å². The Morgan fingerprint density at radius 3 is 2.88 bits per heavy atom. The molecule has 2 rings (SSSR count). The third-order valence-corrected chi connectivity index (χ3v) is 3.19. The fourth-order valence-electron chi connectivity index (χ4n) is 2.04. The maximum absolute atomic E-state index is 5.81. The van der Waals surface area contributed by atoms with Crippen molar-refractivity contribution in [2.45, 2.75) is 13.0 Å². The highest BCUT2D eigenvalue weighted by Gasteiger charge is 2.14. The molecule has 0 amide bonds. The van der Waals surface area contributed by atoms with Crippen molar-refractivity contribution in [3.8, 4) is 5.75 Å². The van der Waals surface area contributed by atoms with Gasteiger partial charge in [0.2, 0.25) is 0 Å². The minimum atomic E-state index is 0.583. The van der Waals surface area contributed by atoms with Gasteiger partial charge in [-0.15, -0.1) is 0 Å². The largest absolute Gasteiger partial charge is 0.492 e. The average molecular weight is 255 g/mol. The predicted octanol–water partition coefficient (Wildman–Crippen LogP) is 2.01. The number of rotatable bonds is 4. The van der Waals surface area contributed by atoms with E-state index in [0.29, 0.717) is 6.04 Å². The molecule has 1 fully saturated rings. The zero-order valence-corrected chi connectivity index (χ0v) is 10.9. The molecular formula is C13H19ClN2O. The van der Waals surface area contributed by atoms with Crippen molar-refractivity contribution in [1.29, 1.82) is 0 Å². The van der Waals surface area contributed by atoms with Crippen LogP contribution in [0.2, 0.25) is 5.02 Å². The minimum Gasteiger partial charge on any atom is -0.492 e. The Kier molecular flexibility index (Phi) is 4.66. The normalized spacial score (nSPS) is 21.4. The SMILES string of the molecule is C[C@@H]1CN(CCOc2ccc(Cl)cc2)CCN1. The van der Waals surface area contributed by atoms with Crippen LogP contribution in [0, 0.1) is 0 Å². The summed E-state index contributed by atoms with van der Waals surface area (Å²) in [6.07, 6.45) is 0. The number of piperazine rings is 1. The number of hydrogen-bond donors (Lipinski definition) is 1. The fourth-order valence-corrected chi connectivity index (χ4v) is 2.16. The molecule has 1 heterocycles. The molecule has 1 aromatic rings. The van der Waals surface area contributed by atoms with E-state index in [2.05, 4.69) is 17.1 Å². The number of nitrogens with one attached hydrogen (secondary N) is 1. The zero-order valence-electron chi connectivity index (χ0n) is 10.2. The van der Waals surface area contributed by atoms with Crippen LogP contribution in [0.5, 0.6) is 5.75 Å². The lowest BCUT2D eigenvalue weighted by Gasteiger charge is -2.31. The van der Waals surface area contributed by atoms with Crippen LogP contribution in [0.3, 0.4) is 0 Å². The summed E-state index contributed by atoms with van der Waals surface area (Å²) in [5, 5.41) is 4.17. The van der Waals surface area contributed by atoms with Gasteiger partial charge in [0.1, 0.15) is 12.4 Å². The van der Waals surface area contributed by atoms with Crippen molar-refractivity contribution in [3.63, 3.8) is 0 Å². The Morgan fingerprint density at radius 1 is 1.41 bits per heavy atom. The van der Waals surface area contributed by atoms with Gasteiger partial charge >= 0.3 is 0 Å². The molecule has 1 saturated heterocycles. The molecule has 4 heteroatoms. The topological polar surface area (TPSA) is 24.5 Å². The van der Waals surface area contributed by atoms with Crippen LogP contribution in [-0.2, 0) is 0 Å². The van der Waals surface area contributed by atoms with Crippen molar-refractivity contribution in [1.82, 2.24) is 10.2 Å². The van der Waals surface area contributed by atoms with Crippen LogP contribution in [0.15, 0.2) is 24.3 Å². The highest BCUT2D eigenvalue weighted by Crippen LogP contribution is 2.15. The second kappa shape index (κ2) is 6.24. The Bertz CT molecular complexity index is 342. The Balaban J connectivity index is 1.70. The van der Waals surface area contributed by atoms with Gasteiger partial charge in [0.05, 0.1) is 0 Å². The van der Waals surface area contributed by atoms with E-state index >= 15 is 0 Å². The lowest BCUT2D eigenvalue weighted by atomic mass is 10.2. The second-order valence-electron chi connectivity index (χ2n) is 4.46. The van der Waals surface area contributed by atoms with E-state index in [1.54, 1.807) is 0 Å². The molecule has 0 bridgehead atoms. The molecular weight excluding hydrogens is 236 g/mol. The first-order valence-corrected chi connectivity index (χ1v) is 6.46. The van der Waals surface area contributed by atoms with Gasteiger partial charge in [0, 0.05) is 37.2 Å². The molecule has 0 saturated carbocycles. The maximum atomic E-state index is 5.81. The van der Waals surface area contributed by atoms with Gasteiger partial charge in [0.15, 0.2) is 0 Å². The summed E-state index contributed by atoms with van der Waals surface area (Å²) in [6, 6.07) is 8.10. The Hall–Kier alpha value is -0.770. The van der Waals surface area contributed by atoms with Crippen LogP contribution in [0.25, 0.3) is 0 Å². The van der Waals surface area contributed by atoms with E-state index in [9.17, 15) is 0 Å². The number of ether oxygens (including phenoxy) is 1. The third kappa shape index (κ3) is 4.19. The summed E-state index contributed by atoms with van der Waals surface area (Å²) in [5.41, 5.74) is 0. The van der Waals surface area contributed by atoms with Crippen molar-refractivity contribution >= 4 is 11.6 Å². The lowest BCUT2D eigenvalue weighted by molar-refractivity contribution is 0.170. The van der Waals surface area contributed by atoms with E-state index in [0.717, 1.165) is 43.6 Å². The molecule has 0 aromatic heterocycles. The van der Waals surface area contributed by atoms with E-state index < -0.39 is 0 Å². The van der Waals surface area contributed by atoms with Crippen LogP contribution in [-0.4, -0.2) is 43.7 Å². The summed E-state index contributed by atoms with van der Waals surface area (Å²) in [4.78, 5) is 2.43. The van der Waals surface area contributed by atoms with E-state index in [1.165, 1.54) is 0 Å². The zero-order chi connectivity index (χ0) is 12.1. The monoisotopic (exact) mass is 254 g/mol. The summed E-state index contributed by atoms with van der Waals surface area (Å²) in [5.74, 6) is 0.887. The summed E-state index contributed by atoms with van der Waals surface area (Å²) in [6.45, 7) is 7.20. The summed E-state index contributed by atoms with van der Waals surface area (Å²) in [7, 11) is 0. The van der Waals surface area contributed by atoms with Gasteiger partial charge in [-0.3, -0.25) is 4.90 Å². The fraction of sp³-hybridized carbons (Fsp3) is 0.538. The molecule has 0 spiro atoms. The van der Waals surface area contributed by atoms with Gasteiger partial charge in [-0.05, 0) is 31.2 Å². The van der Waals surface area contributed by atoms with Gasteiger partial charge in [-0.25, -0.2) is 0 Å². The number of benzene rings is 1. The minimum absolute atomic E-state index is 0.583. The van der Waals surface area contributed by atoms with E-state index in [4.69, 9.17) is 16.3 Å². The van der Waals surface area contributed by atoms with Crippen molar-refractivity contribution < 1.29 is 4.74 Å². The molecule has 1 aromatic carbocycles. The number of nitrogens with zero attached hydrogens (tertiary/aromatic N) is 1. The number of halogens is 1. The standard InChI is InChI=1S/C13H19ClN2O/c1-11-10-16(7-6-15-11)8-9-17-13-4-2-12(14)3-5-13/h2-5,11,15H,6-10H2,1H3/t11-/m1/s1. The van der Waals surface area contributed by atoms with Crippen molar-refractivity contribution in [2.24, 2.45) is 0 Å². The Labute approximate surface area is 108 Å². The van der Waals surface area contributed by atoms with Gasteiger partial charge in [-0.2, -0.15) is 0 Å². The smallest absolute Gasteiger partial charge is 0.119 e. The van der Waals surface area contributed by atoms with Crippen LogP contribution in [0.1, 0.15) is 6.92 Å². The molecule has 1 atom stereocenters. The molecule has 1 aliphatic rings. The highest BCUT2D eigenvalue weighted by atomic mass is 35.5. The molecule has 1 N–H and O–H groups in total. The first-order valence-electron chi connectivity index (χ1n) is 6.08. The quantitative estimate of drug-likeness (QED) is 0.890. The van der Waals surface area contributed by atoms with Gasteiger partial charge in [-0.1, -0.05) is 11.6 Å². The number of hydrogen-bond acceptors (Lipinski definition) is 3. The average Bonchev–Trinajstić information content (AvgIpc) is 2.32. The van der Waals surface area contributed by atoms with Crippen molar-refractivity contribution in [3.05, 3.63) is 29.3 Å².